The molecule has 0 amide bonds. The first-order valence-electron chi connectivity index (χ1n) is 6.68. The van der Waals surface area contributed by atoms with Crippen LogP contribution in [0, 0.1) is 5.92 Å². The van der Waals surface area contributed by atoms with Crippen LogP contribution in [0.5, 0.6) is 0 Å². The van der Waals surface area contributed by atoms with Gasteiger partial charge in [-0.15, -0.1) is 0 Å². The lowest BCUT2D eigenvalue weighted by molar-refractivity contribution is 0.128. The molecule has 1 saturated carbocycles. The van der Waals surface area contributed by atoms with Crippen molar-refractivity contribution in [2.75, 3.05) is 19.8 Å². The van der Waals surface area contributed by atoms with Gasteiger partial charge in [-0.3, -0.25) is 0 Å². The number of fused-ring (bicyclic) bond motifs is 1. The van der Waals surface area contributed by atoms with Gasteiger partial charge in [0, 0.05) is 6.61 Å². The van der Waals surface area contributed by atoms with E-state index in [0.29, 0.717) is 18.3 Å². The molecule has 1 aliphatic carbocycles. The fraction of sp³-hybridized carbons (Fsp3) is 1.00. The maximum atomic E-state index is 5.41. The second kappa shape index (κ2) is 5.99. The van der Waals surface area contributed by atoms with Crippen molar-refractivity contribution in [3.63, 3.8) is 0 Å². The van der Waals surface area contributed by atoms with Crippen molar-refractivity contribution in [2.45, 2.75) is 57.8 Å². The Kier molecular flexibility index (Phi) is 4.62. The molecule has 3 aliphatic rings. The van der Waals surface area contributed by atoms with E-state index in [-0.39, 0.29) is 0 Å². The zero-order chi connectivity index (χ0) is 11.4. The van der Waals surface area contributed by atoms with E-state index in [9.17, 15) is 0 Å². The summed E-state index contributed by atoms with van der Waals surface area (Å²) in [5.41, 5.74) is 0. The molecule has 3 fully saturated rings. The summed E-state index contributed by atoms with van der Waals surface area (Å²) in [6.07, 6.45) is 7.26. The SMILES string of the molecule is CCC1CCC2OC2C1.CCOCC1CO1. The second-order valence-corrected chi connectivity index (χ2v) is 4.92. The van der Waals surface area contributed by atoms with E-state index in [2.05, 4.69) is 6.92 Å². The van der Waals surface area contributed by atoms with Crippen LogP contribution in [0.1, 0.15) is 39.5 Å². The zero-order valence-corrected chi connectivity index (χ0v) is 10.5. The molecule has 94 valence electrons. The fourth-order valence-corrected chi connectivity index (χ4v) is 2.27. The number of hydrogen-bond acceptors (Lipinski definition) is 3. The summed E-state index contributed by atoms with van der Waals surface area (Å²) in [6, 6.07) is 0. The van der Waals surface area contributed by atoms with Gasteiger partial charge in [0.25, 0.3) is 0 Å². The Balaban J connectivity index is 0.000000125. The minimum absolute atomic E-state index is 0.431. The first kappa shape index (κ1) is 12.3. The summed E-state index contributed by atoms with van der Waals surface area (Å²) in [4.78, 5) is 0. The van der Waals surface area contributed by atoms with Crippen LogP contribution in [0.2, 0.25) is 0 Å². The Morgan fingerprint density at radius 3 is 2.56 bits per heavy atom. The predicted octanol–water partition coefficient (Wildman–Crippen LogP) is 2.39. The third-order valence-corrected chi connectivity index (χ3v) is 3.60. The van der Waals surface area contributed by atoms with Gasteiger partial charge < -0.3 is 14.2 Å². The molecule has 2 heterocycles. The Bertz CT molecular complexity index is 203. The molecule has 2 saturated heterocycles. The average molecular weight is 228 g/mol. The molecule has 0 aromatic carbocycles. The van der Waals surface area contributed by atoms with Gasteiger partial charge in [0.1, 0.15) is 6.10 Å². The topological polar surface area (TPSA) is 34.3 Å². The van der Waals surface area contributed by atoms with Crippen LogP contribution in [-0.2, 0) is 14.2 Å². The van der Waals surface area contributed by atoms with Gasteiger partial charge in [0.2, 0.25) is 0 Å². The quantitative estimate of drug-likeness (QED) is 0.693. The minimum atomic E-state index is 0.431. The van der Waals surface area contributed by atoms with Gasteiger partial charge in [-0.1, -0.05) is 13.3 Å². The van der Waals surface area contributed by atoms with Gasteiger partial charge in [-0.25, -0.2) is 0 Å². The van der Waals surface area contributed by atoms with E-state index in [1.54, 1.807) is 0 Å². The Morgan fingerprint density at radius 2 is 2.00 bits per heavy atom. The highest BCUT2D eigenvalue weighted by Crippen LogP contribution is 2.40. The third kappa shape index (κ3) is 4.04. The van der Waals surface area contributed by atoms with Gasteiger partial charge in [0.05, 0.1) is 25.4 Å². The second-order valence-electron chi connectivity index (χ2n) is 4.92. The molecule has 0 aromatic rings. The summed E-state index contributed by atoms with van der Waals surface area (Å²) < 4.78 is 15.3. The lowest BCUT2D eigenvalue weighted by Crippen LogP contribution is -2.11. The van der Waals surface area contributed by atoms with Crippen LogP contribution in [0.25, 0.3) is 0 Å². The molecule has 0 N–H and O–H groups in total. The standard InChI is InChI=1S/C8H14O.C5H10O2/c1-2-6-3-4-7-8(5-6)9-7;1-2-6-3-5-4-7-5/h6-8H,2-5H2,1H3;5H,2-4H2,1H3. The van der Waals surface area contributed by atoms with Crippen LogP contribution >= 0.6 is 0 Å². The van der Waals surface area contributed by atoms with Crippen molar-refractivity contribution >= 4 is 0 Å². The van der Waals surface area contributed by atoms with E-state index in [0.717, 1.165) is 25.7 Å². The smallest absolute Gasteiger partial charge is 0.104 e. The number of ether oxygens (including phenoxy) is 3. The van der Waals surface area contributed by atoms with Crippen LogP contribution in [-0.4, -0.2) is 38.1 Å². The van der Waals surface area contributed by atoms with Crippen LogP contribution in [0.3, 0.4) is 0 Å². The Hall–Kier alpha value is -0.120. The van der Waals surface area contributed by atoms with Crippen molar-refractivity contribution in [2.24, 2.45) is 5.92 Å². The molecule has 3 heteroatoms. The largest absolute Gasteiger partial charge is 0.379 e. The zero-order valence-electron chi connectivity index (χ0n) is 10.5. The molecular formula is C13H24O3. The summed E-state index contributed by atoms with van der Waals surface area (Å²) in [7, 11) is 0. The van der Waals surface area contributed by atoms with E-state index >= 15 is 0 Å². The van der Waals surface area contributed by atoms with Crippen LogP contribution < -0.4 is 0 Å². The van der Waals surface area contributed by atoms with Crippen molar-refractivity contribution in [1.29, 1.82) is 0 Å². The van der Waals surface area contributed by atoms with Crippen LogP contribution in [0.15, 0.2) is 0 Å². The van der Waals surface area contributed by atoms with Crippen molar-refractivity contribution in [1.82, 2.24) is 0 Å². The van der Waals surface area contributed by atoms with Crippen molar-refractivity contribution < 1.29 is 14.2 Å². The van der Waals surface area contributed by atoms with Gasteiger partial charge in [-0.05, 0) is 32.1 Å². The van der Waals surface area contributed by atoms with Gasteiger partial charge in [-0.2, -0.15) is 0 Å². The molecule has 4 atom stereocenters. The molecule has 0 bridgehead atoms. The number of hydrogen-bond donors (Lipinski definition) is 0. The lowest BCUT2D eigenvalue weighted by Gasteiger charge is -2.15. The van der Waals surface area contributed by atoms with Gasteiger partial charge in [0.15, 0.2) is 0 Å². The Morgan fingerprint density at radius 1 is 1.19 bits per heavy atom. The normalized spacial score (nSPS) is 39.4. The Labute approximate surface area is 98.4 Å². The summed E-state index contributed by atoms with van der Waals surface area (Å²) in [5.74, 6) is 0.980. The molecule has 0 aromatic heterocycles. The van der Waals surface area contributed by atoms with E-state index in [4.69, 9.17) is 14.2 Å². The summed E-state index contributed by atoms with van der Waals surface area (Å²) in [5, 5.41) is 0. The first-order chi connectivity index (χ1) is 7.83. The van der Waals surface area contributed by atoms with E-state index in [1.807, 2.05) is 6.92 Å². The molecule has 3 nitrogen and oxygen atoms in total. The first-order valence-corrected chi connectivity index (χ1v) is 6.68. The predicted molar refractivity (Wildman–Crippen MR) is 62.5 cm³/mol. The van der Waals surface area contributed by atoms with Crippen molar-refractivity contribution in [3.05, 3.63) is 0 Å². The fourth-order valence-electron chi connectivity index (χ4n) is 2.27. The van der Waals surface area contributed by atoms with Crippen LogP contribution in [0.4, 0.5) is 0 Å². The van der Waals surface area contributed by atoms with E-state index < -0.39 is 0 Å². The molecule has 0 spiro atoms. The summed E-state index contributed by atoms with van der Waals surface area (Å²) in [6.45, 7) is 6.77. The van der Waals surface area contributed by atoms with Crippen molar-refractivity contribution in [3.8, 4) is 0 Å². The molecule has 16 heavy (non-hydrogen) atoms. The lowest BCUT2D eigenvalue weighted by atomic mass is 9.88. The highest BCUT2D eigenvalue weighted by molar-refractivity contribution is 4.91. The minimum Gasteiger partial charge on any atom is -0.379 e. The third-order valence-electron chi connectivity index (χ3n) is 3.60. The molecule has 3 rings (SSSR count). The molecule has 2 aliphatic heterocycles. The maximum Gasteiger partial charge on any atom is 0.104 e. The monoisotopic (exact) mass is 228 g/mol. The molecule has 0 radical (unpaired) electrons. The summed E-state index contributed by atoms with van der Waals surface area (Å²) >= 11 is 0. The average Bonchev–Trinajstić information content (AvgIpc) is 3.19. The number of rotatable bonds is 4. The highest BCUT2D eigenvalue weighted by atomic mass is 16.6. The highest BCUT2D eigenvalue weighted by Gasteiger charge is 2.43. The van der Waals surface area contributed by atoms with Gasteiger partial charge >= 0.3 is 0 Å². The molecular weight excluding hydrogens is 204 g/mol. The number of epoxide rings is 2. The maximum absolute atomic E-state index is 5.41. The van der Waals surface area contributed by atoms with E-state index in [1.165, 1.54) is 25.7 Å². The molecule has 4 unspecified atom stereocenters.